The highest BCUT2D eigenvalue weighted by Gasteiger charge is 2.14. The van der Waals surface area contributed by atoms with Crippen LogP contribution in [0.15, 0.2) is 51.8 Å². The number of hydrogen-bond donors (Lipinski definition) is 0. The second kappa shape index (κ2) is 6.45. The van der Waals surface area contributed by atoms with Crippen LogP contribution in [0.5, 0.6) is 0 Å². The summed E-state index contributed by atoms with van der Waals surface area (Å²) in [6.45, 7) is 2.05. The van der Waals surface area contributed by atoms with Crippen molar-refractivity contribution in [2.75, 3.05) is 6.61 Å². The van der Waals surface area contributed by atoms with Crippen LogP contribution in [0.2, 0.25) is 0 Å². The number of nitrogens with zero attached hydrogens (tertiary/aromatic N) is 3. The highest BCUT2D eigenvalue weighted by atomic mass is 32.1. The Hall–Kier alpha value is -3.06. The normalized spacial score (nSPS) is 10.9. The highest BCUT2D eigenvalue weighted by Crippen LogP contribution is 2.28. The van der Waals surface area contributed by atoms with Gasteiger partial charge < -0.3 is 9.15 Å². The molecule has 0 aliphatic carbocycles. The molecule has 4 rings (SSSR count). The average Bonchev–Trinajstić information content (AvgIpc) is 3.31. The zero-order valence-electron chi connectivity index (χ0n) is 13.3. The number of hydrogen-bond acceptors (Lipinski definition) is 7. The third kappa shape index (κ3) is 3.01. The molecular weight excluding hydrogens is 338 g/mol. The second-order valence-corrected chi connectivity index (χ2v) is 5.94. The Balaban J connectivity index is 1.72. The summed E-state index contributed by atoms with van der Waals surface area (Å²) in [5.74, 6) is -0.0374. The number of carbonyl (C=O) groups is 1. The Morgan fingerprint density at radius 2 is 2.12 bits per heavy atom. The summed E-state index contributed by atoms with van der Waals surface area (Å²) in [6, 6.07) is 9.11. The molecule has 124 valence electrons. The van der Waals surface area contributed by atoms with E-state index in [-0.39, 0.29) is 5.69 Å². The van der Waals surface area contributed by atoms with Crippen LogP contribution in [0.25, 0.3) is 33.8 Å². The van der Waals surface area contributed by atoms with Crippen molar-refractivity contribution in [2.24, 2.45) is 0 Å². The minimum absolute atomic E-state index is 0.227. The Morgan fingerprint density at radius 1 is 1.20 bits per heavy atom. The van der Waals surface area contributed by atoms with Crippen LogP contribution in [-0.4, -0.2) is 27.5 Å². The van der Waals surface area contributed by atoms with Gasteiger partial charge in [0, 0.05) is 22.7 Å². The van der Waals surface area contributed by atoms with Crippen molar-refractivity contribution >= 4 is 28.4 Å². The van der Waals surface area contributed by atoms with Crippen molar-refractivity contribution in [2.45, 2.75) is 6.92 Å². The molecule has 25 heavy (non-hydrogen) atoms. The fourth-order valence-electron chi connectivity index (χ4n) is 2.45. The fourth-order valence-corrected chi connectivity index (χ4v) is 3.01. The molecule has 0 amide bonds. The summed E-state index contributed by atoms with van der Waals surface area (Å²) in [5, 5.41) is 1.98. The largest absolute Gasteiger partial charge is 0.461 e. The Kier molecular flexibility index (Phi) is 3.99. The number of benzene rings is 1. The lowest BCUT2D eigenvalue weighted by Crippen LogP contribution is -2.06. The smallest absolute Gasteiger partial charge is 0.356 e. The maximum atomic E-state index is 11.8. The van der Waals surface area contributed by atoms with Gasteiger partial charge in [-0.15, -0.1) is 11.3 Å². The molecule has 4 aromatic rings. The molecule has 0 aliphatic heterocycles. The first kappa shape index (κ1) is 15.5. The first-order chi connectivity index (χ1) is 12.2. The van der Waals surface area contributed by atoms with E-state index < -0.39 is 5.97 Å². The molecule has 0 fully saturated rings. The van der Waals surface area contributed by atoms with E-state index in [2.05, 4.69) is 15.0 Å². The molecule has 0 saturated heterocycles. The van der Waals surface area contributed by atoms with E-state index in [1.807, 2.05) is 23.6 Å². The lowest BCUT2D eigenvalue weighted by atomic mass is 10.1. The number of ether oxygens (including phenoxy) is 1. The topological polar surface area (TPSA) is 78.1 Å². The molecule has 1 aromatic carbocycles. The van der Waals surface area contributed by atoms with Gasteiger partial charge in [-0.1, -0.05) is 0 Å². The van der Waals surface area contributed by atoms with E-state index in [1.54, 1.807) is 35.9 Å². The van der Waals surface area contributed by atoms with Crippen molar-refractivity contribution < 1.29 is 13.9 Å². The monoisotopic (exact) mass is 351 g/mol. The molecule has 3 heterocycles. The molecule has 0 saturated carbocycles. The summed E-state index contributed by atoms with van der Waals surface area (Å²) >= 11 is 1.54. The van der Waals surface area contributed by atoms with Crippen LogP contribution in [0, 0.1) is 0 Å². The van der Waals surface area contributed by atoms with E-state index in [0.717, 1.165) is 16.8 Å². The molecule has 0 bridgehead atoms. The Bertz CT molecular complexity index is 1040. The molecule has 0 aliphatic rings. The van der Waals surface area contributed by atoms with Gasteiger partial charge in [0.2, 0.25) is 5.89 Å². The number of fused-ring (bicyclic) bond motifs is 1. The standard InChI is InChI=1S/C18H13N3O3S/c1-2-23-18(22)14-8-12(5-6-19-14)17-21-13-7-11(3-4-16(13)24-17)15-9-25-10-20-15/h3-10H,2H2,1H3. The van der Waals surface area contributed by atoms with Gasteiger partial charge in [-0.3, -0.25) is 0 Å². The van der Waals surface area contributed by atoms with Crippen molar-refractivity contribution in [1.82, 2.24) is 15.0 Å². The number of aromatic nitrogens is 3. The van der Waals surface area contributed by atoms with Crippen LogP contribution in [-0.2, 0) is 4.74 Å². The van der Waals surface area contributed by atoms with Gasteiger partial charge in [0.15, 0.2) is 5.58 Å². The first-order valence-corrected chi connectivity index (χ1v) is 8.61. The maximum absolute atomic E-state index is 11.8. The molecule has 0 radical (unpaired) electrons. The van der Waals surface area contributed by atoms with Crippen LogP contribution in [0.1, 0.15) is 17.4 Å². The molecule has 7 heteroatoms. The molecule has 3 aromatic heterocycles. The van der Waals surface area contributed by atoms with Gasteiger partial charge in [-0.05, 0) is 37.3 Å². The molecular formula is C18H13N3O3S. The third-order valence-corrected chi connectivity index (χ3v) is 4.19. The summed E-state index contributed by atoms with van der Waals surface area (Å²) in [6.07, 6.45) is 1.54. The third-order valence-electron chi connectivity index (χ3n) is 3.61. The number of esters is 1. The quantitative estimate of drug-likeness (QED) is 0.513. The number of oxazole rings is 1. The van der Waals surface area contributed by atoms with E-state index in [4.69, 9.17) is 9.15 Å². The number of pyridine rings is 1. The summed E-state index contributed by atoms with van der Waals surface area (Å²) in [7, 11) is 0. The molecule has 0 unspecified atom stereocenters. The first-order valence-electron chi connectivity index (χ1n) is 7.67. The molecule has 0 N–H and O–H groups in total. The zero-order valence-corrected chi connectivity index (χ0v) is 14.1. The zero-order chi connectivity index (χ0) is 17.2. The van der Waals surface area contributed by atoms with E-state index in [9.17, 15) is 4.79 Å². The van der Waals surface area contributed by atoms with Crippen molar-refractivity contribution in [3.05, 3.63) is 53.1 Å². The fraction of sp³-hybridized carbons (Fsp3) is 0.111. The van der Waals surface area contributed by atoms with Gasteiger partial charge in [0.1, 0.15) is 11.2 Å². The second-order valence-electron chi connectivity index (χ2n) is 5.23. The number of thiazole rings is 1. The van der Waals surface area contributed by atoms with Gasteiger partial charge in [0.25, 0.3) is 0 Å². The summed E-state index contributed by atoms with van der Waals surface area (Å²) < 4.78 is 10.8. The lowest BCUT2D eigenvalue weighted by Gasteiger charge is -2.01. The SMILES string of the molecule is CCOC(=O)c1cc(-c2nc3cc(-c4cscn4)ccc3o2)ccn1. The van der Waals surface area contributed by atoms with Gasteiger partial charge in [0.05, 0.1) is 17.8 Å². The predicted octanol–water partition coefficient (Wildman–Crippen LogP) is 4.19. The minimum atomic E-state index is -0.466. The average molecular weight is 351 g/mol. The maximum Gasteiger partial charge on any atom is 0.356 e. The van der Waals surface area contributed by atoms with Gasteiger partial charge in [-0.2, -0.15) is 0 Å². The van der Waals surface area contributed by atoms with Gasteiger partial charge >= 0.3 is 5.97 Å². The van der Waals surface area contributed by atoms with E-state index >= 15 is 0 Å². The minimum Gasteiger partial charge on any atom is -0.461 e. The van der Waals surface area contributed by atoms with E-state index in [0.29, 0.717) is 23.6 Å². The van der Waals surface area contributed by atoms with Crippen LogP contribution in [0.4, 0.5) is 0 Å². The Labute approximate surface area is 147 Å². The number of rotatable bonds is 4. The predicted molar refractivity (Wildman–Crippen MR) is 94.3 cm³/mol. The molecule has 6 nitrogen and oxygen atoms in total. The van der Waals surface area contributed by atoms with Gasteiger partial charge in [-0.25, -0.2) is 19.7 Å². The van der Waals surface area contributed by atoms with Crippen LogP contribution in [0.3, 0.4) is 0 Å². The number of carbonyl (C=O) groups excluding carboxylic acids is 1. The van der Waals surface area contributed by atoms with Crippen LogP contribution < -0.4 is 0 Å². The Morgan fingerprint density at radius 3 is 2.92 bits per heavy atom. The van der Waals surface area contributed by atoms with Crippen LogP contribution >= 0.6 is 11.3 Å². The summed E-state index contributed by atoms with van der Waals surface area (Å²) in [5.41, 5.74) is 5.98. The summed E-state index contributed by atoms with van der Waals surface area (Å²) in [4.78, 5) is 24.7. The van der Waals surface area contributed by atoms with Crippen molar-refractivity contribution in [3.63, 3.8) is 0 Å². The highest BCUT2D eigenvalue weighted by molar-refractivity contribution is 7.07. The lowest BCUT2D eigenvalue weighted by molar-refractivity contribution is 0.0519. The molecule has 0 atom stereocenters. The van der Waals surface area contributed by atoms with Crippen molar-refractivity contribution in [1.29, 1.82) is 0 Å². The molecule has 0 spiro atoms. The van der Waals surface area contributed by atoms with E-state index in [1.165, 1.54) is 6.20 Å². The van der Waals surface area contributed by atoms with Crippen molar-refractivity contribution in [3.8, 4) is 22.7 Å².